The standard InChI is InChI=1S/C19H29N3O5/c1-19(2,3)27-18(25)21-8-4-5-14(11-21)22-12-15(17(23)24)16(20-22)13-6-9-26-10-7-13/h12-14H,4-11H2,1-3H3,(H,23,24). The lowest BCUT2D eigenvalue weighted by Gasteiger charge is -2.34. The smallest absolute Gasteiger partial charge is 0.410 e. The van der Waals surface area contributed by atoms with Crippen molar-refractivity contribution < 1.29 is 24.2 Å². The van der Waals surface area contributed by atoms with Gasteiger partial charge in [0, 0.05) is 38.4 Å². The van der Waals surface area contributed by atoms with E-state index in [1.54, 1.807) is 15.8 Å². The normalized spacial score (nSPS) is 21.9. The molecule has 2 aliphatic heterocycles. The third-order valence-electron chi connectivity index (χ3n) is 5.02. The van der Waals surface area contributed by atoms with Gasteiger partial charge >= 0.3 is 12.1 Å². The van der Waals surface area contributed by atoms with Crippen molar-refractivity contribution in [2.75, 3.05) is 26.3 Å². The van der Waals surface area contributed by atoms with E-state index in [0.29, 0.717) is 32.0 Å². The molecule has 1 unspecified atom stereocenters. The molecule has 0 aliphatic carbocycles. The SMILES string of the molecule is CC(C)(C)OC(=O)N1CCCC(n2cc(C(=O)O)c(C3CCOCC3)n2)C1. The van der Waals surface area contributed by atoms with Gasteiger partial charge in [0.15, 0.2) is 0 Å². The van der Waals surface area contributed by atoms with Gasteiger partial charge in [-0.2, -0.15) is 5.10 Å². The second-order valence-electron chi connectivity index (χ2n) is 8.32. The molecule has 27 heavy (non-hydrogen) atoms. The third-order valence-corrected chi connectivity index (χ3v) is 5.02. The van der Waals surface area contributed by atoms with E-state index in [2.05, 4.69) is 5.10 Å². The number of aromatic nitrogens is 2. The van der Waals surface area contributed by atoms with Crippen LogP contribution in [0, 0.1) is 0 Å². The maximum atomic E-state index is 12.4. The number of carboxylic acids is 1. The van der Waals surface area contributed by atoms with Crippen molar-refractivity contribution in [3.63, 3.8) is 0 Å². The van der Waals surface area contributed by atoms with Gasteiger partial charge in [0.05, 0.1) is 11.7 Å². The van der Waals surface area contributed by atoms with Crippen LogP contribution in [0.15, 0.2) is 6.20 Å². The molecule has 8 nitrogen and oxygen atoms in total. The van der Waals surface area contributed by atoms with Crippen molar-refractivity contribution in [2.24, 2.45) is 0 Å². The van der Waals surface area contributed by atoms with Crippen molar-refractivity contribution in [1.29, 1.82) is 0 Å². The monoisotopic (exact) mass is 379 g/mol. The van der Waals surface area contributed by atoms with Crippen LogP contribution in [0.3, 0.4) is 0 Å². The number of aromatic carboxylic acids is 1. The van der Waals surface area contributed by atoms with E-state index < -0.39 is 11.6 Å². The van der Waals surface area contributed by atoms with Gasteiger partial charge in [-0.1, -0.05) is 0 Å². The topological polar surface area (TPSA) is 93.9 Å². The molecule has 8 heteroatoms. The molecule has 2 aliphatic rings. The number of carbonyl (C=O) groups excluding carboxylic acids is 1. The van der Waals surface area contributed by atoms with Crippen LogP contribution >= 0.6 is 0 Å². The fourth-order valence-electron chi connectivity index (χ4n) is 3.69. The molecule has 0 radical (unpaired) electrons. The van der Waals surface area contributed by atoms with E-state index >= 15 is 0 Å². The predicted octanol–water partition coefficient (Wildman–Crippen LogP) is 3.05. The zero-order valence-corrected chi connectivity index (χ0v) is 16.3. The van der Waals surface area contributed by atoms with Gasteiger partial charge < -0.3 is 19.5 Å². The summed E-state index contributed by atoms with van der Waals surface area (Å²) in [5.74, 6) is -0.848. The van der Waals surface area contributed by atoms with Gasteiger partial charge in [0.25, 0.3) is 0 Å². The van der Waals surface area contributed by atoms with Crippen molar-refractivity contribution in [3.8, 4) is 0 Å². The van der Waals surface area contributed by atoms with E-state index in [0.717, 1.165) is 25.7 Å². The van der Waals surface area contributed by atoms with Crippen LogP contribution in [0.2, 0.25) is 0 Å². The summed E-state index contributed by atoms with van der Waals surface area (Å²) in [7, 11) is 0. The highest BCUT2D eigenvalue weighted by Gasteiger charge is 2.31. The molecule has 3 rings (SSSR count). The van der Waals surface area contributed by atoms with Gasteiger partial charge in [-0.05, 0) is 46.5 Å². The number of hydrogen-bond donors (Lipinski definition) is 1. The van der Waals surface area contributed by atoms with Crippen molar-refractivity contribution in [3.05, 3.63) is 17.5 Å². The Balaban J connectivity index is 1.77. The Labute approximate surface area is 159 Å². The average Bonchev–Trinajstić information content (AvgIpc) is 3.07. The van der Waals surface area contributed by atoms with Gasteiger partial charge in [-0.25, -0.2) is 9.59 Å². The highest BCUT2D eigenvalue weighted by atomic mass is 16.6. The van der Waals surface area contributed by atoms with Gasteiger partial charge in [-0.15, -0.1) is 0 Å². The summed E-state index contributed by atoms with van der Waals surface area (Å²) in [6, 6.07) is -0.0436. The maximum absolute atomic E-state index is 12.4. The van der Waals surface area contributed by atoms with Crippen LogP contribution in [0.5, 0.6) is 0 Å². The molecular weight excluding hydrogens is 350 g/mol. The third kappa shape index (κ3) is 4.80. The van der Waals surface area contributed by atoms with Gasteiger partial charge in [0.1, 0.15) is 11.2 Å². The van der Waals surface area contributed by atoms with Gasteiger partial charge in [-0.3, -0.25) is 4.68 Å². The van der Waals surface area contributed by atoms with Crippen molar-refractivity contribution in [2.45, 2.75) is 64.0 Å². The van der Waals surface area contributed by atoms with E-state index in [-0.39, 0.29) is 23.6 Å². The summed E-state index contributed by atoms with van der Waals surface area (Å²) in [4.78, 5) is 25.8. The van der Waals surface area contributed by atoms with Crippen molar-refractivity contribution >= 4 is 12.1 Å². The first-order valence-corrected chi connectivity index (χ1v) is 9.62. The van der Waals surface area contributed by atoms with Crippen LogP contribution < -0.4 is 0 Å². The number of piperidine rings is 1. The molecule has 150 valence electrons. The summed E-state index contributed by atoms with van der Waals surface area (Å²) < 4.78 is 12.6. The Morgan fingerprint density at radius 1 is 1.26 bits per heavy atom. The zero-order valence-electron chi connectivity index (χ0n) is 16.3. The number of amides is 1. The molecule has 0 saturated carbocycles. The molecule has 1 aromatic heterocycles. The summed E-state index contributed by atoms with van der Waals surface area (Å²) in [6.07, 6.45) is 4.54. The first-order chi connectivity index (χ1) is 12.7. The van der Waals surface area contributed by atoms with Crippen LogP contribution in [-0.4, -0.2) is 63.8 Å². The predicted molar refractivity (Wildman–Crippen MR) is 98.1 cm³/mol. The quantitative estimate of drug-likeness (QED) is 0.867. The molecule has 2 fully saturated rings. The van der Waals surface area contributed by atoms with E-state index in [1.807, 2.05) is 20.8 Å². The summed E-state index contributed by atoms with van der Waals surface area (Å²) in [5.41, 5.74) is 0.360. The fraction of sp³-hybridized carbons (Fsp3) is 0.737. The lowest BCUT2D eigenvalue weighted by atomic mass is 9.94. The second-order valence-corrected chi connectivity index (χ2v) is 8.32. The molecule has 0 spiro atoms. The first kappa shape index (κ1) is 19.7. The lowest BCUT2D eigenvalue weighted by Crippen LogP contribution is -2.43. The summed E-state index contributed by atoms with van der Waals surface area (Å²) in [6.45, 7) is 7.92. The van der Waals surface area contributed by atoms with Crippen LogP contribution in [0.4, 0.5) is 4.79 Å². The molecule has 1 amide bonds. The number of nitrogens with zero attached hydrogens (tertiary/aromatic N) is 3. The summed E-state index contributed by atoms with van der Waals surface area (Å²) >= 11 is 0. The molecule has 0 aromatic carbocycles. The van der Waals surface area contributed by atoms with Crippen LogP contribution in [-0.2, 0) is 9.47 Å². The first-order valence-electron chi connectivity index (χ1n) is 9.62. The Hall–Kier alpha value is -2.09. The zero-order chi connectivity index (χ0) is 19.6. The second kappa shape index (κ2) is 7.88. The number of carbonyl (C=O) groups is 2. The van der Waals surface area contributed by atoms with E-state index in [9.17, 15) is 14.7 Å². The molecule has 1 atom stereocenters. The number of ether oxygens (including phenoxy) is 2. The molecule has 1 aromatic rings. The Morgan fingerprint density at radius 3 is 2.59 bits per heavy atom. The minimum Gasteiger partial charge on any atom is -0.478 e. The number of carboxylic acid groups (broad SMARTS) is 1. The Kier molecular flexibility index (Phi) is 5.74. The highest BCUT2D eigenvalue weighted by molar-refractivity contribution is 5.88. The van der Waals surface area contributed by atoms with Crippen LogP contribution in [0.1, 0.15) is 74.5 Å². The summed E-state index contributed by atoms with van der Waals surface area (Å²) in [5, 5.41) is 14.3. The van der Waals surface area contributed by atoms with Gasteiger partial charge in [0.2, 0.25) is 0 Å². The Bertz CT molecular complexity index is 688. The minimum absolute atomic E-state index is 0.0436. The number of rotatable bonds is 3. The molecular formula is C19H29N3O5. The van der Waals surface area contributed by atoms with E-state index in [1.165, 1.54) is 0 Å². The molecule has 1 N–H and O–H groups in total. The minimum atomic E-state index is -0.956. The Morgan fingerprint density at radius 2 is 1.96 bits per heavy atom. The average molecular weight is 379 g/mol. The van der Waals surface area contributed by atoms with E-state index in [4.69, 9.17) is 9.47 Å². The number of likely N-dealkylation sites (tertiary alicyclic amines) is 1. The van der Waals surface area contributed by atoms with Crippen LogP contribution in [0.25, 0.3) is 0 Å². The van der Waals surface area contributed by atoms with Crippen molar-refractivity contribution in [1.82, 2.24) is 14.7 Å². The number of hydrogen-bond acceptors (Lipinski definition) is 5. The lowest BCUT2D eigenvalue weighted by molar-refractivity contribution is 0.0166. The maximum Gasteiger partial charge on any atom is 0.410 e. The molecule has 2 saturated heterocycles. The highest BCUT2D eigenvalue weighted by Crippen LogP contribution is 2.31. The largest absolute Gasteiger partial charge is 0.478 e. The molecule has 0 bridgehead atoms. The fourth-order valence-corrected chi connectivity index (χ4v) is 3.69. The molecule has 3 heterocycles.